The maximum atomic E-state index is 17.3. The first-order valence-corrected chi connectivity index (χ1v) is 20.7. The number of fused-ring (bicyclic) bond motifs is 4. The summed E-state index contributed by atoms with van der Waals surface area (Å²) in [5, 5.41) is 2.48. The summed E-state index contributed by atoms with van der Waals surface area (Å²) in [6.45, 7) is 8.62. The van der Waals surface area contributed by atoms with E-state index in [1.807, 2.05) is 47.1 Å². The predicted octanol–water partition coefficient (Wildman–Crippen LogP) is 7.68. The lowest BCUT2D eigenvalue weighted by Crippen LogP contribution is -2.81. The lowest BCUT2D eigenvalue weighted by atomic mass is 9.87. The number of halogens is 5. The summed E-state index contributed by atoms with van der Waals surface area (Å²) in [6, 6.07) is 23.6. The highest BCUT2D eigenvalue weighted by atomic mass is 28.4. The highest BCUT2D eigenvalue weighted by Crippen LogP contribution is 2.46. The summed E-state index contributed by atoms with van der Waals surface area (Å²) >= 11 is 0. The zero-order valence-electron chi connectivity index (χ0n) is 31.1. The molecule has 1 fully saturated rings. The molecule has 0 bridgehead atoms. The van der Waals surface area contributed by atoms with E-state index in [0.717, 1.165) is 15.9 Å². The number of hydrogen-bond acceptors (Lipinski definition) is 4. The molecule has 0 amide bonds. The molecule has 0 saturated carbocycles. The van der Waals surface area contributed by atoms with E-state index >= 15 is 13.2 Å². The average molecular weight is 760 g/mol. The minimum Gasteiger partial charge on any atom is -0.488 e. The van der Waals surface area contributed by atoms with Gasteiger partial charge >= 0.3 is 0 Å². The van der Waals surface area contributed by atoms with Crippen LogP contribution in [0.4, 0.5) is 22.0 Å². The molecule has 284 valence electrons. The fourth-order valence-corrected chi connectivity index (χ4v) is 14.3. The van der Waals surface area contributed by atoms with E-state index in [1.54, 1.807) is 6.07 Å². The Morgan fingerprint density at radius 3 is 2.37 bits per heavy atom. The molecule has 4 aromatic carbocycles. The molecule has 4 atom stereocenters. The number of aromatic amines is 1. The minimum absolute atomic E-state index is 0.0570. The molecule has 1 saturated heterocycles. The number of nitrogens with one attached hydrogen (secondary N) is 1. The van der Waals surface area contributed by atoms with Gasteiger partial charge in [-0.15, -0.1) is 0 Å². The van der Waals surface area contributed by atoms with E-state index in [2.05, 4.69) is 43.1 Å². The number of ether oxygens (including phenoxy) is 1. The Kier molecular flexibility index (Phi) is 9.52. The van der Waals surface area contributed by atoms with Crippen LogP contribution in [0, 0.1) is 17.5 Å². The summed E-state index contributed by atoms with van der Waals surface area (Å²) in [5.41, 5.74) is 0.909. The zero-order valence-corrected chi connectivity index (χ0v) is 32.1. The van der Waals surface area contributed by atoms with E-state index in [4.69, 9.17) is 9.16 Å². The van der Waals surface area contributed by atoms with Crippen LogP contribution in [-0.2, 0) is 15.9 Å². The molecular weight excluding hydrogens is 714 g/mol. The van der Waals surface area contributed by atoms with Crippen molar-refractivity contribution in [1.82, 2.24) is 14.8 Å². The monoisotopic (exact) mass is 759 g/mol. The van der Waals surface area contributed by atoms with Crippen molar-refractivity contribution in [2.75, 3.05) is 39.5 Å². The number of aromatic nitrogens is 1. The van der Waals surface area contributed by atoms with Crippen molar-refractivity contribution in [3.05, 3.63) is 125 Å². The van der Waals surface area contributed by atoms with E-state index < -0.39 is 44.2 Å². The molecular formula is C43H46F5N3O2Si. The molecule has 3 aliphatic heterocycles. The van der Waals surface area contributed by atoms with E-state index in [0.29, 0.717) is 49.1 Å². The second-order valence-electron chi connectivity index (χ2n) is 16.1. The van der Waals surface area contributed by atoms with Crippen LogP contribution in [-0.4, -0.2) is 80.4 Å². The van der Waals surface area contributed by atoms with Crippen LogP contribution in [0.15, 0.2) is 84.9 Å². The lowest BCUT2D eigenvalue weighted by Gasteiger charge is -2.55. The van der Waals surface area contributed by atoms with Gasteiger partial charge in [0.25, 0.3) is 8.32 Å². The zero-order chi connectivity index (χ0) is 38.0. The number of alkyl halides is 2. The van der Waals surface area contributed by atoms with E-state index in [1.165, 1.54) is 36.8 Å². The first-order chi connectivity index (χ1) is 25.8. The summed E-state index contributed by atoms with van der Waals surface area (Å²) in [6.07, 6.45) is 0.577. The smallest absolute Gasteiger partial charge is 0.266 e. The van der Waals surface area contributed by atoms with Gasteiger partial charge in [0.15, 0.2) is 0 Å². The molecule has 4 heterocycles. The third-order valence-electron chi connectivity index (χ3n) is 11.9. The molecule has 1 aromatic heterocycles. The number of benzene rings is 4. The molecule has 11 heteroatoms. The first kappa shape index (κ1) is 36.9. The molecule has 5 aromatic rings. The third kappa shape index (κ3) is 6.17. The normalized spacial score (nSPS) is 23.6. The van der Waals surface area contributed by atoms with Gasteiger partial charge in [0, 0.05) is 71.6 Å². The lowest BCUT2D eigenvalue weighted by molar-refractivity contribution is 0.0169. The second kappa shape index (κ2) is 13.9. The van der Waals surface area contributed by atoms with Crippen LogP contribution in [0.3, 0.4) is 0 Å². The molecule has 54 heavy (non-hydrogen) atoms. The van der Waals surface area contributed by atoms with Crippen molar-refractivity contribution in [2.24, 2.45) is 0 Å². The fourth-order valence-electron chi connectivity index (χ4n) is 9.24. The molecule has 0 spiro atoms. The Morgan fingerprint density at radius 2 is 1.65 bits per heavy atom. The number of nitrogens with zero attached hydrogens (tertiary/aromatic N) is 2. The highest BCUT2D eigenvalue weighted by Gasteiger charge is 2.63. The molecule has 1 N–H and O–H groups in total. The number of likely N-dealkylation sites (tertiary alicyclic amines) is 1. The maximum absolute atomic E-state index is 17.3. The van der Waals surface area contributed by atoms with Crippen molar-refractivity contribution >= 4 is 29.6 Å². The molecule has 3 aliphatic rings. The summed E-state index contributed by atoms with van der Waals surface area (Å²) in [7, 11) is -2.93. The Morgan fingerprint density at radius 1 is 0.944 bits per heavy atom. The van der Waals surface area contributed by atoms with Crippen LogP contribution >= 0.6 is 0 Å². The first-order valence-electron chi connectivity index (χ1n) is 18.8. The number of H-pyrrole nitrogens is 1. The largest absolute Gasteiger partial charge is 0.488 e. The van der Waals surface area contributed by atoms with Crippen LogP contribution in [0.5, 0.6) is 5.75 Å². The summed E-state index contributed by atoms with van der Waals surface area (Å²) in [5.74, 6) is -2.00. The van der Waals surface area contributed by atoms with Crippen LogP contribution in [0.2, 0.25) is 0 Å². The molecule has 0 radical (unpaired) electrons. The van der Waals surface area contributed by atoms with Crippen molar-refractivity contribution in [3.63, 3.8) is 0 Å². The number of hydrogen-bond donors (Lipinski definition) is 1. The van der Waals surface area contributed by atoms with Crippen LogP contribution in [0.25, 0.3) is 10.9 Å². The van der Waals surface area contributed by atoms with E-state index in [-0.39, 0.29) is 41.6 Å². The van der Waals surface area contributed by atoms with Crippen molar-refractivity contribution in [2.45, 2.75) is 69.4 Å². The molecule has 0 aliphatic carbocycles. The van der Waals surface area contributed by atoms with Gasteiger partial charge in [0.2, 0.25) is 0 Å². The van der Waals surface area contributed by atoms with Gasteiger partial charge in [0.1, 0.15) is 35.0 Å². The Balaban J connectivity index is 1.13. The number of rotatable bonds is 12. The van der Waals surface area contributed by atoms with Crippen LogP contribution in [0.1, 0.15) is 62.5 Å². The Labute approximate surface area is 314 Å². The molecule has 4 unspecified atom stereocenters. The van der Waals surface area contributed by atoms with Gasteiger partial charge < -0.3 is 14.1 Å². The van der Waals surface area contributed by atoms with Crippen molar-refractivity contribution < 1.29 is 31.1 Å². The maximum Gasteiger partial charge on any atom is 0.266 e. The highest BCUT2D eigenvalue weighted by molar-refractivity contribution is 7.03. The third-order valence-corrected chi connectivity index (χ3v) is 16.8. The topological polar surface area (TPSA) is 40.7 Å². The second-order valence-corrected chi connectivity index (χ2v) is 20.1. The van der Waals surface area contributed by atoms with Gasteiger partial charge in [-0.2, -0.15) is 0 Å². The standard InChI is InChI=1S/C43H46F5N3O2Si/c1-27-19-33-32-20-28(45)15-16-37(32)49-40(33)41(39-35(46)21-29(22-36(39)47)53-30-23-50(24-30)18-10-17-44)51(27)25-43(4,48)26-52-54(31-11-6-5-7-12-31)38-14-9-8-13-34(38)42(54,2)3/h5-9,11-16,20-22,27,30,41,49H,10,17-19,23-26H2,1-4H3. The van der Waals surface area contributed by atoms with Crippen molar-refractivity contribution in [3.8, 4) is 5.75 Å². The van der Waals surface area contributed by atoms with Gasteiger partial charge in [-0.25, -0.2) is 17.6 Å². The Bertz CT molecular complexity index is 2150. The fraction of sp³-hybridized carbons (Fsp3) is 0.395. The van der Waals surface area contributed by atoms with Crippen molar-refractivity contribution in [1.29, 1.82) is 0 Å². The van der Waals surface area contributed by atoms with E-state index in [9.17, 15) is 8.78 Å². The summed E-state index contributed by atoms with van der Waals surface area (Å²) < 4.78 is 90.3. The molecule has 8 rings (SSSR count). The minimum atomic E-state index is -2.93. The van der Waals surface area contributed by atoms with Gasteiger partial charge in [-0.3, -0.25) is 14.2 Å². The van der Waals surface area contributed by atoms with Gasteiger partial charge in [0.05, 0.1) is 19.3 Å². The summed E-state index contributed by atoms with van der Waals surface area (Å²) in [4.78, 5) is 7.17. The quantitative estimate of drug-likeness (QED) is 0.105. The van der Waals surface area contributed by atoms with Crippen LogP contribution < -0.4 is 15.1 Å². The van der Waals surface area contributed by atoms with Gasteiger partial charge in [-0.1, -0.05) is 68.4 Å². The molecule has 5 nitrogen and oxygen atoms in total. The van der Waals surface area contributed by atoms with Gasteiger partial charge in [-0.05, 0) is 66.4 Å². The SMILES string of the molecule is CC1Cc2c([nH]c3ccc(F)cc23)C(c2c(F)cc(OC3CN(CCCF)C3)cc2F)N1CC(C)(F)CO[Si]1(c2ccccc2)c2ccccc2C1(C)C. The Hall–Kier alpha value is -4.03. The average Bonchev–Trinajstić information content (AvgIpc) is 3.47. The predicted molar refractivity (Wildman–Crippen MR) is 204 cm³/mol.